The number of ether oxygens (including phenoxy) is 1. The molecule has 0 unspecified atom stereocenters. The van der Waals surface area contributed by atoms with Crippen LogP contribution in [0.2, 0.25) is 0 Å². The van der Waals surface area contributed by atoms with Crippen molar-refractivity contribution in [3.8, 4) is 0 Å². The number of aromatic nitrogens is 2. The number of amides is 1. The monoisotopic (exact) mass is 305 g/mol. The summed E-state index contributed by atoms with van der Waals surface area (Å²) in [5, 5.41) is 8.54. The molecular weight excluding hydrogens is 282 g/mol. The lowest BCUT2D eigenvalue weighted by molar-refractivity contribution is -0.139. The summed E-state index contributed by atoms with van der Waals surface area (Å²) in [6.07, 6.45) is 2.28. The lowest BCUT2D eigenvalue weighted by atomic mass is 9.81. The maximum atomic E-state index is 12.6. The Balaban J connectivity index is 1.62. The second-order valence-electron chi connectivity index (χ2n) is 8.02. The van der Waals surface area contributed by atoms with Gasteiger partial charge in [-0.2, -0.15) is 0 Å². The number of carbonyl (C=O) groups excluding carboxylic acids is 1. The minimum atomic E-state index is -0.366. The number of hydrogen-bond donors (Lipinski definition) is 0. The summed E-state index contributed by atoms with van der Waals surface area (Å²) in [5.41, 5.74) is -0.671. The van der Waals surface area contributed by atoms with Gasteiger partial charge in [-0.3, -0.25) is 4.79 Å². The molecule has 22 heavy (non-hydrogen) atoms. The van der Waals surface area contributed by atoms with Gasteiger partial charge in [-0.1, -0.05) is 20.8 Å². The summed E-state index contributed by atoms with van der Waals surface area (Å²) in [6.45, 7) is 8.46. The first kappa shape index (κ1) is 14.2. The van der Waals surface area contributed by atoms with Gasteiger partial charge in [-0.15, -0.1) is 10.2 Å². The standard InChI is InChI=1S/C16H23N3O3/c1-15(2,3)14(20)19-6-11-7-21-9-16(11,8-19)13-18-17-12(22-13)10-4-5-10/h10-11H,4-9H2,1-3H3/t11-,16-/m1/s1. The number of nitrogens with zero attached hydrogens (tertiary/aromatic N) is 3. The lowest BCUT2D eigenvalue weighted by Crippen LogP contribution is -2.41. The van der Waals surface area contributed by atoms with Crippen LogP contribution in [0.25, 0.3) is 0 Å². The molecule has 1 saturated carbocycles. The molecule has 1 amide bonds. The van der Waals surface area contributed by atoms with Gasteiger partial charge in [-0.25, -0.2) is 0 Å². The molecule has 0 aromatic carbocycles. The molecule has 0 bridgehead atoms. The Kier molecular flexibility index (Phi) is 2.92. The summed E-state index contributed by atoms with van der Waals surface area (Å²) in [5.74, 6) is 2.32. The van der Waals surface area contributed by atoms with E-state index in [4.69, 9.17) is 9.15 Å². The molecule has 2 saturated heterocycles. The molecule has 6 nitrogen and oxygen atoms in total. The Hall–Kier alpha value is -1.43. The van der Waals surface area contributed by atoms with Crippen molar-refractivity contribution >= 4 is 5.91 Å². The molecule has 3 aliphatic rings. The Morgan fingerprint density at radius 3 is 2.77 bits per heavy atom. The van der Waals surface area contributed by atoms with E-state index in [1.807, 2.05) is 25.7 Å². The molecule has 2 atom stereocenters. The van der Waals surface area contributed by atoms with Crippen LogP contribution in [0.1, 0.15) is 51.3 Å². The van der Waals surface area contributed by atoms with Crippen molar-refractivity contribution in [1.82, 2.24) is 15.1 Å². The maximum Gasteiger partial charge on any atom is 0.227 e. The van der Waals surface area contributed by atoms with Gasteiger partial charge in [0.2, 0.25) is 17.7 Å². The summed E-state index contributed by atoms with van der Waals surface area (Å²) in [7, 11) is 0. The SMILES string of the molecule is CC(C)(C)C(=O)N1C[C@@H]2COC[C@]2(c2nnc(C3CC3)o2)C1. The number of likely N-dealkylation sites (tertiary alicyclic amines) is 1. The van der Waals surface area contributed by atoms with Crippen LogP contribution in [0.15, 0.2) is 4.42 Å². The molecule has 0 spiro atoms. The molecular formula is C16H23N3O3. The first-order valence-electron chi connectivity index (χ1n) is 8.11. The normalized spacial score (nSPS) is 31.6. The van der Waals surface area contributed by atoms with Gasteiger partial charge in [0.1, 0.15) is 0 Å². The van der Waals surface area contributed by atoms with Crippen LogP contribution in [0, 0.1) is 11.3 Å². The van der Waals surface area contributed by atoms with Gasteiger partial charge in [-0.05, 0) is 12.8 Å². The zero-order valence-electron chi connectivity index (χ0n) is 13.5. The maximum absolute atomic E-state index is 12.6. The Morgan fingerprint density at radius 1 is 1.32 bits per heavy atom. The average molecular weight is 305 g/mol. The van der Waals surface area contributed by atoms with E-state index in [9.17, 15) is 4.79 Å². The zero-order valence-corrected chi connectivity index (χ0v) is 13.5. The summed E-state index contributed by atoms with van der Waals surface area (Å²) in [6, 6.07) is 0. The highest BCUT2D eigenvalue weighted by Gasteiger charge is 2.57. The minimum Gasteiger partial charge on any atom is -0.424 e. The number of hydrogen-bond acceptors (Lipinski definition) is 5. The second kappa shape index (κ2) is 4.54. The van der Waals surface area contributed by atoms with Gasteiger partial charge in [0, 0.05) is 30.3 Å². The van der Waals surface area contributed by atoms with Crippen LogP contribution in [0.5, 0.6) is 0 Å². The molecule has 2 aliphatic heterocycles. The van der Waals surface area contributed by atoms with Crippen LogP contribution < -0.4 is 0 Å². The van der Waals surface area contributed by atoms with E-state index in [1.165, 1.54) is 0 Å². The van der Waals surface area contributed by atoms with Crippen LogP contribution >= 0.6 is 0 Å². The van der Waals surface area contributed by atoms with E-state index in [2.05, 4.69) is 10.2 Å². The van der Waals surface area contributed by atoms with Gasteiger partial charge >= 0.3 is 0 Å². The smallest absolute Gasteiger partial charge is 0.227 e. The predicted octanol–water partition coefficient (Wildman–Crippen LogP) is 1.72. The first-order valence-corrected chi connectivity index (χ1v) is 8.11. The quantitative estimate of drug-likeness (QED) is 0.832. The molecule has 1 aromatic heterocycles. The van der Waals surface area contributed by atoms with Crippen LogP contribution in [-0.2, 0) is 14.9 Å². The zero-order chi connectivity index (χ0) is 15.5. The van der Waals surface area contributed by atoms with E-state index in [-0.39, 0.29) is 22.7 Å². The van der Waals surface area contributed by atoms with Crippen molar-refractivity contribution in [3.05, 3.63) is 11.8 Å². The Labute approximate surface area is 130 Å². The summed E-state index contributed by atoms with van der Waals surface area (Å²) in [4.78, 5) is 14.6. The van der Waals surface area contributed by atoms with Crippen LogP contribution in [0.3, 0.4) is 0 Å². The van der Waals surface area contributed by atoms with E-state index in [0.717, 1.165) is 25.3 Å². The first-order chi connectivity index (χ1) is 10.4. The van der Waals surface area contributed by atoms with Crippen LogP contribution in [-0.4, -0.2) is 47.3 Å². The third-order valence-electron chi connectivity index (χ3n) is 5.10. The third-order valence-corrected chi connectivity index (χ3v) is 5.10. The van der Waals surface area contributed by atoms with Crippen molar-refractivity contribution in [3.63, 3.8) is 0 Å². The van der Waals surface area contributed by atoms with Crippen molar-refractivity contribution < 1.29 is 13.9 Å². The molecule has 1 aliphatic carbocycles. The van der Waals surface area contributed by atoms with Crippen molar-refractivity contribution in [2.75, 3.05) is 26.3 Å². The molecule has 6 heteroatoms. The van der Waals surface area contributed by atoms with Crippen molar-refractivity contribution in [2.45, 2.75) is 44.9 Å². The number of rotatable bonds is 2. The predicted molar refractivity (Wildman–Crippen MR) is 78.3 cm³/mol. The largest absolute Gasteiger partial charge is 0.424 e. The number of carbonyl (C=O) groups is 1. The Bertz CT molecular complexity index is 602. The molecule has 3 heterocycles. The van der Waals surface area contributed by atoms with Crippen molar-refractivity contribution in [1.29, 1.82) is 0 Å². The van der Waals surface area contributed by atoms with E-state index in [0.29, 0.717) is 31.6 Å². The molecule has 0 N–H and O–H groups in total. The fourth-order valence-corrected chi connectivity index (χ4v) is 3.60. The molecule has 3 fully saturated rings. The average Bonchev–Trinajstić information content (AvgIpc) is 2.90. The molecule has 120 valence electrons. The topological polar surface area (TPSA) is 68.5 Å². The highest BCUT2D eigenvalue weighted by atomic mass is 16.5. The fourth-order valence-electron chi connectivity index (χ4n) is 3.60. The minimum absolute atomic E-state index is 0.184. The van der Waals surface area contributed by atoms with Gasteiger partial charge < -0.3 is 14.1 Å². The molecule has 4 rings (SSSR count). The Morgan fingerprint density at radius 2 is 2.09 bits per heavy atom. The summed E-state index contributed by atoms with van der Waals surface area (Å²) < 4.78 is 11.7. The van der Waals surface area contributed by atoms with Crippen molar-refractivity contribution in [2.24, 2.45) is 11.3 Å². The van der Waals surface area contributed by atoms with Gasteiger partial charge in [0.25, 0.3) is 0 Å². The third kappa shape index (κ3) is 2.07. The second-order valence-corrected chi connectivity index (χ2v) is 8.02. The van der Waals surface area contributed by atoms with Gasteiger partial charge in [0.15, 0.2) is 0 Å². The number of fused-ring (bicyclic) bond motifs is 1. The molecule has 1 aromatic rings. The fraction of sp³-hybridized carbons (Fsp3) is 0.812. The lowest BCUT2D eigenvalue weighted by Gasteiger charge is -2.27. The van der Waals surface area contributed by atoms with Gasteiger partial charge in [0.05, 0.1) is 18.6 Å². The highest BCUT2D eigenvalue weighted by Crippen LogP contribution is 2.46. The van der Waals surface area contributed by atoms with E-state index < -0.39 is 0 Å². The van der Waals surface area contributed by atoms with E-state index >= 15 is 0 Å². The van der Waals surface area contributed by atoms with E-state index in [1.54, 1.807) is 0 Å². The molecule has 0 radical (unpaired) electrons. The van der Waals surface area contributed by atoms with Crippen LogP contribution in [0.4, 0.5) is 0 Å². The summed E-state index contributed by atoms with van der Waals surface area (Å²) >= 11 is 0. The highest BCUT2D eigenvalue weighted by molar-refractivity contribution is 5.82.